The quantitative estimate of drug-likeness (QED) is 0.886. The Morgan fingerprint density at radius 1 is 1.50 bits per heavy atom. The Hall–Kier alpha value is -1.95. The highest BCUT2D eigenvalue weighted by Gasteiger charge is 2.15. The van der Waals surface area contributed by atoms with Crippen LogP contribution < -0.4 is 5.32 Å². The molecular formula is C12H13N3O2S. The first kappa shape index (κ1) is 12.5. The first-order valence-electron chi connectivity index (χ1n) is 5.40. The van der Waals surface area contributed by atoms with Gasteiger partial charge in [0.15, 0.2) is 0 Å². The highest BCUT2D eigenvalue weighted by Crippen LogP contribution is 2.20. The van der Waals surface area contributed by atoms with Gasteiger partial charge in [-0.05, 0) is 25.5 Å². The normalized spacial score (nSPS) is 10.3. The summed E-state index contributed by atoms with van der Waals surface area (Å²) in [4.78, 5) is 20.5. The molecule has 0 saturated heterocycles. The summed E-state index contributed by atoms with van der Waals surface area (Å²) < 4.78 is 0. The van der Waals surface area contributed by atoms with E-state index in [-0.39, 0.29) is 5.56 Å². The average Bonchev–Trinajstić information content (AvgIpc) is 2.77. The summed E-state index contributed by atoms with van der Waals surface area (Å²) in [6, 6.07) is 1.77. The number of rotatable bonds is 4. The van der Waals surface area contributed by atoms with E-state index in [1.807, 2.05) is 6.92 Å². The number of hydrogen-bond donors (Lipinski definition) is 2. The molecule has 18 heavy (non-hydrogen) atoms. The average molecular weight is 263 g/mol. The van der Waals surface area contributed by atoms with Crippen LogP contribution in [0.2, 0.25) is 0 Å². The van der Waals surface area contributed by atoms with Gasteiger partial charge in [-0.25, -0.2) is 9.78 Å². The highest BCUT2D eigenvalue weighted by molar-refractivity contribution is 7.09. The maximum Gasteiger partial charge on any atom is 0.339 e. The number of carboxylic acids is 1. The van der Waals surface area contributed by atoms with Crippen LogP contribution in [0.4, 0.5) is 5.82 Å². The zero-order valence-electron chi connectivity index (χ0n) is 10.1. The van der Waals surface area contributed by atoms with E-state index in [1.165, 1.54) is 11.3 Å². The molecule has 2 heterocycles. The Morgan fingerprint density at radius 2 is 2.28 bits per heavy atom. The van der Waals surface area contributed by atoms with Gasteiger partial charge >= 0.3 is 5.97 Å². The summed E-state index contributed by atoms with van der Waals surface area (Å²) in [6.07, 6.45) is 1.75. The zero-order valence-corrected chi connectivity index (χ0v) is 10.9. The molecule has 0 unspecified atom stereocenters. The van der Waals surface area contributed by atoms with E-state index in [4.69, 9.17) is 0 Å². The van der Waals surface area contributed by atoms with E-state index in [1.54, 1.807) is 24.7 Å². The number of aromatic nitrogens is 2. The van der Waals surface area contributed by atoms with Crippen molar-refractivity contribution in [1.29, 1.82) is 0 Å². The first-order valence-corrected chi connectivity index (χ1v) is 6.28. The van der Waals surface area contributed by atoms with Gasteiger partial charge in [0.05, 0.1) is 12.1 Å². The summed E-state index contributed by atoms with van der Waals surface area (Å²) in [5.41, 5.74) is 3.47. The minimum Gasteiger partial charge on any atom is -0.478 e. The van der Waals surface area contributed by atoms with E-state index in [2.05, 4.69) is 15.3 Å². The molecule has 0 fully saturated rings. The van der Waals surface area contributed by atoms with Gasteiger partial charge in [-0.3, -0.25) is 4.98 Å². The molecule has 94 valence electrons. The van der Waals surface area contributed by atoms with Crippen molar-refractivity contribution < 1.29 is 9.90 Å². The number of thiazole rings is 1. The number of carboxylic acid groups (broad SMARTS) is 1. The largest absolute Gasteiger partial charge is 0.478 e. The molecule has 2 rings (SSSR count). The van der Waals surface area contributed by atoms with Crippen LogP contribution in [0.3, 0.4) is 0 Å². The van der Waals surface area contributed by atoms with Gasteiger partial charge in [-0.15, -0.1) is 11.3 Å². The number of hydrogen-bond acceptors (Lipinski definition) is 5. The van der Waals surface area contributed by atoms with Crippen LogP contribution in [0.1, 0.15) is 26.5 Å². The van der Waals surface area contributed by atoms with Crippen molar-refractivity contribution >= 4 is 23.1 Å². The molecule has 0 aliphatic heterocycles. The predicted octanol–water partition coefficient (Wildman–Crippen LogP) is 2.47. The molecule has 0 bridgehead atoms. The molecule has 5 nitrogen and oxygen atoms in total. The fraction of sp³-hybridized carbons (Fsp3) is 0.250. The number of nitrogens with zero attached hydrogens (tertiary/aromatic N) is 2. The van der Waals surface area contributed by atoms with Crippen LogP contribution in [0.5, 0.6) is 0 Å². The summed E-state index contributed by atoms with van der Waals surface area (Å²) >= 11 is 1.52. The monoisotopic (exact) mass is 263 g/mol. The number of anilines is 1. The Labute approximate surface area is 109 Å². The molecule has 2 aromatic heterocycles. The summed E-state index contributed by atoms with van der Waals surface area (Å²) in [5.74, 6) is -0.555. The van der Waals surface area contributed by atoms with Gasteiger partial charge in [0.25, 0.3) is 0 Å². The Kier molecular flexibility index (Phi) is 3.57. The maximum atomic E-state index is 11.2. The third-order valence-corrected chi connectivity index (χ3v) is 3.25. The molecule has 6 heteroatoms. The van der Waals surface area contributed by atoms with Gasteiger partial charge in [0.1, 0.15) is 11.4 Å². The van der Waals surface area contributed by atoms with E-state index in [9.17, 15) is 9.90 Å². The molecule has 0 aliphatic carbocycles. The molecule has 0 aliphatic rings. The minimum absolute atomic E-state index is 0.227. The second-order valence-electron chi connectivity index (χ2n) is 3.93. The van der Waals surface area contributed by atoms with Crippen LogP contribution >= 0.6 is 11.3 Å². The number of aryl methyl sites for hydroxylation is 2. The maximum absolute atomic E-state index is 11.2. The lowest BCUT2D eigenvalue weighted by Crippen LogP contribution is -2.10. The van der Waals surface area contributed by atoms with Crippen molar-refractivity contribution in [3.8, 4) is 0 Å². The second-order valence-corrected chi connectivity index (χ2v) is 4.90. The van der Waals surface area contributed by atoms with E-state index >= 15 is 0 Å². The lowest BCUT2D eigenvalue weighted by atomic mass is 10.1. The van der Waals surface area contributed by atoms with Gasteiger partial charge in [-0.2, -0.15) is 0 Å². The number of pyridine rings is 1. The third kappa shape index (κ3) is 2.65. The van der Waals surface area contributed by atoms with Crippen LogP contribution in [-0.2, 0) is 6.54 Å². The SMILES string of the molecule is Cc1cc(C)c(C(=O)O)c(NCc2cncs2)n1. The molecule has 0 spiro atoms. The van der Waals surface area contributed by atoms with Gasteiger partial charge < -0.3 is 10.4 Å². The number of nitrogens with one attached hydrogen (secondary N) is 1. The van der Waals surface area contributed by atoms with Crippen molar-refractivity contribution in [2.75, 3.05) is 5.32 Å². The molecule has 2 aromatic rings. The van der Waals surface area contributed by atoms with E-state index in [0.29, 0.717) is 17.9 Å². The second kappa shape index (κ2) is 5.14. The molecule has 0 radical (unpaired) electrons. The predicted molar refractivity (Wildman–Crippen MR) is 70.1 cm³/mol. The Bertz CT molecular complexity index is 567. The Morgan fingerprint density at radius 3 is 2.89 bits per heavy atom. The van der Waals surface area contributed by atoms with E-state index in [0.717, 1.165) is 10.6 Å². The van der Waals surface area contributed by atoms with Crippen LogP contribution in [0.25, 0.3) is 0 Å². The third-order valence-electron chi connectivity index (χ3n) is 2.47. The fourth-order valence-corrected chi connectivity index (χ4v) is 2.27. The fourth-order valence-electron chi connectivity index (χ4n) is 1.73. The minimum atomic E-state index is -0.966. The smallest absolute Gasteiger partial charge is 0.339 e. The number of carbonyl (C=O) groups is 1. The topological polar surface area (TPSA) is 75.1 Å². The van der Waals surface area contributed by atoms with Gasteiger partial charge in [-0.1, -0.05) is 0 Å². The van der Waals surface area contributed by atoms with Crippen LogP contribution in [0, 0.1) is 13.8 Å². The van der Waals surface area contributed by atoms with Crippen LogP contribution in [0.15, 0.2) is 17.8 Å². The van der Waals surface area contributed by atoms with Gasteiger partial charge in [0, 0.05) is 16.8 Å². The molecule has 0 atom stereocenters. The highest BCUT2D eigenvalue weighted by atomic mass is 32.1. The summed E-state index contributed by atoms with van der Waals surface area (Å²) in [5, 5.41) is 12.3. The molecular weight excluding hydrogens is 250 g/mol. The van der Waals surface area contributed by atoms with Crippen molar-refractivity contribution in [2.45, 2.75) is 20.4 Å². The zero-order chi connectivity index (χ0) is 13.1. The molecule has 0 aromatic carbocycles. The van der Waals surface area contributed by atoms with Crippen LogP contribution in [-0.4, -0.2) is 21.0 Å². The lowest BCUT2D eigenvalue weighted by molar-refractivity contribution is 0.0697. The summed E-state index contributed by atoms with van der Waals surface area (Å²) in [7, 11) is 0. The molecule has 0 amide bonds. The summed E-state index contributed by atoms with van der Waals surface area (Å²) in [6.45, 7) is 4.15. The standard InChI is InChI=1S/C12H13N3O2S/c1-7-3-8(2)15-11(10(7)12(16)17)14-5-9-4-13-6-18-9/h3-4,6H,5H2,1-2H3,(H,14,15)(H,16,17). The lowest BCUT2D eigenvalue weighted by Gasteiger charge is -2.11. The van der Waals surface area contributed by atoms with E-state index < -0.39 is 5.97 Å². The molecule has 2 N–H and O–H groups in total. The van der Waals surface area contributed by atoms with Crippen molar-refractivity contribution in [2.24, 2.45) is 0 Å². The van der Waals surface area contributed by atoms with Gasteiger partial charge in [0.2, 0.25) is 0 Å². The van der Waals surface area contributed by atoms with Crippen molar-refractivity contribution in [1.82, 2.24) is 9.97 Å². The van der Waals surface area contributed by atoms with Crippen molar-refractivity contribution in [3.63, 3.8) is 0 Å². The Balaban J connectivity index is 2.28. The molecule has 0 saturated carbocycles. The first-order chi connectivity index (χ1) is 8.58. The number of aromatic carboxylic acids is 1. The van der Waals surface area contributed by atoms with Crippen molar-refractivity contribution in [3.05, 3.63) is 39.5 Å².